The number of piperidine rings is 1. The van der Waals surface area contributed by atoms with Gasteiger partial charge in [-0.3, -0.25) is 9.69 Å². The Labute approximate surface area is 155 Å². The van der Waals surface area contributed by atoms with Gasteiger partial charge in [-0.1, -0.05) is 5.16 Å². The van der Waals surface area contributed by atoms with E-state index < -0.39 is 12.0 Å². The summed E-state index contributed by atoms with van der Waals surface area (Å²) in [6, 6.07) is 6.40. The summed E-state index contributed by atoms with van der Waals surface area (Å²) in [6.45, 7) is 0.744. The topological polar surface area (TPSA) is 103 Å². The molecule has 3 heterocycles. The maximum atomic E-state index is 12.5. The minimum Gasteiger partial charge on any atom is -0.454 e. The summed E-state index contributed by atoms with van der Waals surface area (Å²) < 4.78 is 20.7. The smallest absolute Gasteiger partial charge is 0.410 e. The van der Waals surface area contributed by atoms with Gasteiger partial charge in [0, 0.05) is 24.4 Å². The molecule has 2 aromatic rings. The molecule has 0 saturated carbocycles. The van der Waals surface area contributed by atoms with Crippen LogP contribution in [0.4, 0.5) is 10.5 Å². The van der Waals surface area contributed by atoms with Gasteiger partial charge in [0.25, 0.3) is 5.91 Å². The SMILES string of the molecule is COC(=O)N1CCCCC1c1cc(C(=O)Nc2ccc3c(c2)OCO3)no1. The number of ether oxygens (including phenoxy) is 3. The zero-order valence-electron chi connectivity index (χ0n) is 14.8. The van der Waals surface area contributed by atoms with E-state index in [-0.39, 0.29) is 18.5 Å². The molecule has 27 heavy (non-hydrogen) atoms. The fourth-order valence-electron chi connectivity index (χ4n) is 3.29. The first-order chi connectivity index (χ1) is 13.2. The van der Waals surface area contributed by atoms with Crippen molar-refractivity contribution in [1.29, 1.82) is 0 Å². The molecule has 0 bridgehead atoms. The van der Waals surface area contributed by atoms with Crippen LogP contribution in [-0.4, -0.2) is 42.5 Å². The number of carbonyl (C=O) groups is 2. The lowest BCUT2D eigenvalue weighted by Gasteiger charge is -2.32. The summed E-state index contributed by atoms with van der Waals surface area (Å²) in [5.41, 5.74) is 0.695. The number of likely N-dealkylation sites (tertiary alicyclic amines) is 1. The van der Waals surface area contributed by atoms with E-state index in [1.807, 2.05) is 0 Å². The van der Waals surface area contributed by atoms with Crippen molar-refractivity contribution < 1.29 is 28.3 Å². The molecule has 1 aromatic heterocycles. The van der Waals surface area contributed by atoms with Gasteiger partial charge in [0.1, 0.15) is 0 Å². The van der Waals surface area contributed by atoms with Crippen molar-refractivity contribution in [2.24, 2.45) is 0 Å². The zero-order chi connectivity index (χ0) is 18.8. The van der Waals surface area contributed by atoms with Crippen LogP contribution in [0.25, 0.3) is 0 Å². The van der Waals surface area contributed by atoms with E-state index in [1.165, 1.54) is 7.11 Å². The lowest BCUT2D eigenvalue weighted by Crippen LogP contribution is -2.38. The Morgan fingerprint density at radius 2 is 2.07 bits per heavy atom. The van der Waals surface area contributed by atoms with E-state index in [2.05, 4.69) is 10.5 Å². The standard InChI is InChI=1S/C18H19N3O6/c1-24-18(23)21-7-3-2-4-13(21)15-9-12(20-27-15)17(22)19-11-5-6-14-16(8-11)26-10-25-14/h5-6,8-9,13H,2-4,7,10H2,1H3,(H,19,22). The number of hydrogen-bond donors (Lipinski definition) is 1. The predicted molar refractivity (Wildman–Crippen MR) is 92.7 cm³/mol. The van der Waals surface area contributed by atoms with Gasteiger partial charge >= 0.3 is 6.09 Å². The zero-order valence-corrected chi connectivity index (χ0v) is 14.8. The van der Waals surface area contributed by atoms with E-state index in [0.717, 1.165) is 19.3 Å². The second-order valence-electron chi connectivity index (χ2n) is 6.31. The van der Waals surface area contributed by atoms with Crippen LogP contribution in [0.1, 0.15) is 41.6 Å². The van der Waals surface area contributed by atoms with Crippen molar-refractivity contribution in [1.82, 2.24) is 10.1 Å². The van der Waals surface area contributed by atoms with Gasteiger partial charge in [-0.15, -0.1) is 0 Å². The number of fused-ring (bicyclic) bond motifs is 1. The number of rotatable bonds is 3. The summed E-state index contributed by atoms with van der Waals surface area (Å²) >= 11 is 0. The highest BCUT2D eigenvalue weighted by Crippen LogP contribution is 2.35. The van der Waals surface area contributed by atoms with Crippen molar-refractivity contribution in [2.75, 3.05) is 25.8 Å². The summed E-state index contributed by atoms with van der Waals surface area (Å²) in [4.78, 5) is 26.0. The van der Waals surface area contributed by atoms with Crippen LogP contribution in [0, 0.1) is 0 Å². The summed E-state index contributed by atoms with van der Waals surface area (Å²) in [7, 11) is 1.35. The number of amides is 2. The molecule has 2 aliphatic rings. The molecule has 0 spiro atoms. The largest absolute Gasteiger partial charge is 0.454 e. The van der Waals surface area contributed by atoms with E-state index in [4.69, 9.17) is 18.7 Å². The fourth-order valence-corrected chi connectivity index (χ4v) is 3.29. The number of nitrogens with zero attached hydrogens (tertiary/aromatic N) is 2. The molecule has 0 radical (unpaired) electrons. The van der Waals surface area contributed by atoms with Gasteiger partial charge in [0.2, 0.25) is 6.79 Å². The quantitative estimate of drug-likeness (QED) is 0.882. The van der Waals surface area contributed by atoms with Crippen molar-refractivity contribution in [3.63, 3.8) is 0 Å². The Bertz CT molecular complexity index is 865. The van der Waals surface area contributed by atoms with Gasteiger partial charge in [0.05, 0.1) is 13.2 Å². The average molecular weight is 373 g/mol. The maximum Gasteiger partial charge on any atom is 0.410 e. The van der Waals surface area contributed by atoms with E-state index in [1.54, 1.807) is 29.2 Å². The van der Waals surface area contributed by atoms with Crippen LogP contribution >= 0.6 is 0 Å². The first kappa shape index (κ1) is 17.2. The van der Waals surface area contributed by atoms with E-state index in [9.17, 15) is 9.59 Å². The lowest BCUT2D eigenvalue weighted by molar-refractivity contribution is 0.0800. The highest BCUT2D eigenvalue weighted by molar-refractivity contribution is 6.03. The number of hydrogen-bond acceptors (Lipinski definition) is 7. The van der Waals surface area contributed by atoms with E-state index in [0.29, 0.717) is 29.5 Å². The molecule has 1 atom stereocenters. The van der Waals surface area contributed by atoms with Crippen LogP contribution in [0.15, 0.2) is 28.8 Å². The number of methoxy groups -OCH3 is 1. The van der Waals surface area contributed by atoms with Gasteiger partial charge in [0.15, 0.2) is 23.0 Å². The third-order valence-electron chi connectivity index (χ3n) is 4.63. The molecule has 1 fully saturated rings. The number of carbonyl (C=O) groups excluding carboxylic acids is 2. The summed E-state index contributed by atoms with van der Waals surface area (Å²) in [6.07, 6.45) is 2.17. The number of benzene rings is 1. The lowest BCUT2D eigenvalue weighted by atomic mass is 10.0. The molecular formula is C18H19N3O6. The first-order valence-electron chi connectivity index (χ1n) is 8.68. The Hall–Kier alpha value is -3.23. The van der Waals surface area contributed by atoms with Crippen molar-refractivity contribution in [3.05, 3.63) is 35.7 Å². The summed E-state index contributed by atoms with van der Waals surface area (Å²) in [5.74, 6) is 1.27. The molecule has 1 N–H and O–H groups in total. The van der Waals surface area contributed by atoms with Crippen LogP contribution in [-0.2, 0) is 4.74 Å². The minimum atomic E-state index is -0.414. The minimum absolute atomic E-state index is 0.137. The molecule has 1 aromatic carbocycles. The number of aromatic nitrogens is 1. The Balaban J connectivity index is 1.48. The summed E-state index contributed by atoms with van der Waals surface area (Å²) in [5, 5.41) is 6.60. The van der Waals surface area contributed by atoms with Crippen molar-refractivity contribution in [2.45, 2.75) is 25.3 Å². The van der Waals surface area contributed by atoms with Gasteiger partial charge in [-0.2, -0.15) is 0 Å². The highest BCUT2D eigenvalue weighted by atomic mass is 16.7. The molecule has 1 unspecified atom stereocenters. The molecule has 9 nitrogen and oxygen atoms in total. The molecule has 0 aliphatic carbocycles. The third-order valence-corrected chi connectivity index (χ3v) is 4.63. The highest BCUT2D eigenvalue weighted by Gasteiger charge is 2.32. The second kappa shape index (κ2) is 7.18. The fraction of sp³-hybridized carbons (Fsp3) is 0.389. The van der Waals surface area contributed by atoms with Crippen molar-refractivity contribution >= 4 is 17.7 Å². The second-order valence-corrected chi connectivity index (χ2v) is 6.31. The number of nitrogens with one attached hydrogen (secondary N) is 1. The Kier molecular flexibility index (Phi) is 4.57. The molecule has 2 amide bonds. The van der Waals surface area contributed by atoms with Gasteiger partial charge < -0.3 is 24.1 Å². The normalized spacial score (nSPS) is 18.3. The average Bonchev–Trinajstić information content (AvgIpc) is 3.36. The van der Waals surface area contributed by atoms with Gasteiger partial charge in [-0.05, 0) is 31.4 Å². The van der Waals surface area contributed by atoms with Crippen LogP contribution in [0.5, 0.6) is 11.5 Å². The van der Waals surface area contributed by atoms with E-state index >= 15 is 0 Å². The first-order valence-corrected chi connectivity index (χ1v) is 8.68. The maximum absolute atomic E-state index is 12.5. The molecular weight excluding hydrogens is 354 g/mol. The van der Waals surface area contributed by atoms with Gasteiger partial charge in [-0.25, -0.2) is 4.79 Å². The number of anilines is 1. The third kappa shape index (κ3) is 3.40. The Morgan fingerprint density at radius 1 is 1.22 bits per heavy atom. The van der Waals surface area contributed by atoms with Crippen molar-refractivity contribution in [3.8, 4) is 11.5 Å². The molecule has 142 valence electrons. The predicted octanol–water partition coefficient (Wildman–Crippen LogP) is 2.95. The molecule has 1 saturated heterocycles. The molecule has 4 rings (SSSR count). The van der Waals surface area contributed by atoms with Crippen LogP contribution in [0.2, 0.25) is 0 Å². The van der Waals surface area contributed by atoms with Crippen LogP contribution in [0.3, 0.4) is 0 Å². The van der Waals surface area contributed by atoms with Crippen LogP contribution < -0.4 is 14.8 Å². The molecule has 2 aliphatic heterocycles. The Morgan fingerprint density at radius 3 is 2.93 bits per heavy atom. The monoisotopic (exact) mass is 373 g/mol. The molecule has 9 heteroatoms.